The van der Waals surface area contributed by atoms with E-state index in [0.29, 0.717) is 5.92 Å². The van der Waals surface area contributed by atoms with Gasteiger partial charge in [0.2, 0.25) is 0 Å². The fourth-order valence-electron chi connectivity index (χ4n) is 4.66. The predicted octanol–water partition coefficient (Wildman–Crippen LogP) is 5.36. The number of allylic oxidation sites excluding steroid dienone is 3. The second-order valence-corrected chi connectivity index (χ2v) is 14.1. The maximum atomic E-state index is 10.3. The lowest BCUT2D eigenvalue weighted by Crippen LogP contribution is -2.37. The molecule has 0 amide bonds. The summed E-state index contributed by atoms with van der Waals surface area (Å²) in [7, 11) is -1.45. The zero-order chi connectivity index (χ0) is 17.0. The summed E-state index contributed by atoms with van der Waals surface area (Å²) in [6, 6.07) is 8.91. The highest BCUT2D eigenvalue weighted by atomic mass is 28.3. The predicted molar refractivity (Wildman–Crippen MR) is 102 cm³/mol. The molecule has 2 aliphatic carbocycles. The average molecular weight is 327 g/mol. The molecule has 3 rings (SSSR count). The van der Waals surface area contributed by atoms with Crippen LogP contribution in [-0.2, 0) is 0 Å². The molecular weight excluding hydrogens is 296 g/mol. The smallest absolute Gasteiger partial charge is 0.0732 e. The summed E-state index contributed by atoms with van der Waals surface area (Å²) < 4.78 is 0. The highest BCUT2D eigenvalue weighted by molar-refractivity contribution is 6.84. The van der Waals surface area contributed by atoms with Gasteiger partial charge in [-0.25, -0.2) is 0 Å². The molecular formula is C21H30OSi. The van der Waals surface area contributed by atoms with E-state index in [-0.39, 0.29) is 11.5 Å². The third kappa shape index (κ3) is 2.87. The van der Waals surface area contributed by atoms with Crippen molar-refractivity contribution in [2.75, 3.05) is 0 Å². The monoisotopic (exact) mass is 326 g/mol. The molecule has 1 aromatic carbocycles. The van der Waals surface area contributed by atoms with Crippen molar-refractivity contribution in [2.24, 2.45) is 11.3 Å². The lowest BCUT2D eigenvalue weighted by molar-refractivity contribution is 0.163. The van der Waals surface area contributed by atoms with Crippen molar-refractivity contribution in [3.05, 3.63) is 52.7 Å². The average Bonchev–Trinajstić information content (AvgIpc) is 2.74. The van der Waals surface area contributed by atoms with E-state index in [4.69, 9.17) is 0 Å². The van der Waals surface area contributed by atoms with Crippen LogP contribution in [0.4, 0.5) is 0 Å². The summed E-state index contributed by atoms with van der Waals surface area (Å²) in [6.45, 7) is 16.4. The Hall–Kier alpha value is -1.12. The molecule has 1 aromatic rings. The third-order valence-corrected chi connectivity index (χ3v) is 8.16. The molecule has 0 aliphatic heterocycles. The van der Waals surface area contributed by atoms with Crippen molar-refractivity contribution in [3.8, 4) is 0 Å². The lowest BCUT2D eigenvalue weighted by Gasteiger charge is -2.44. The first-order valence-electron chi connectivity index (χ1n) is 8.80. The third-order valence-electron chi connectivity index (χ3n) is 5.92. The fourth-order valence-corrected chi connectivity index (χ4v) is 6.65. The van der Waals surface area contributed by atoms with Crippen LogP contribution < -0.4 is 0 Å². The molecule has 0 radical (unpaired) electrons. The molecule has 0 aromatic heterocycles. The lowest BCUT2D eigenvalue weighted by atomic mass is 9.67. The molecule has 124 valence electrons. The highest BCUT2D eigenvalue weighted by Crippen LogP contribution is 2.58. The number of benzene rings is 1. The Kier molecular flexibility index (Phi) is 3.97. The van der Waals surface area contributed by atoms with Gasteiger partial charge in [-0.3, -0.25) is 0 Å². The zero-order valence-corrected chi connectivity index (χ0v) is 16.2. The Morgan fingerprint density at radius 3 is 2.35 bits per heavy atom. The van der Waals surface area contributed by atoms with E-state index < -0.39 is 8.07 Å². The summed E-state index contributed by atoms with van der Waals surface area (Å²) in [5.74, 6) is 0.425. The van der Waals surface area contributed by atoms with Crippen LogP contribution in [0.2, 0.25) is 19.6 Å². The second-order valence-electron chi connectivity index (χ2n) is 8.97. The molecule has 0 saturated heterocycles. The van der Waals surface area contributed by atoms with E-state index in [9.17, 15) is 5.11 Å². The van der Waals surface area contributed by atoms with Gasteiger partial charge in [0, 0.05) is 0 Å². The van der Waals surface area contributed by atoms with Gasteiger partial charge in [0.15, 0.2) is 0 Å². The Morgan fingerprint density at radius 1 is 1.17 bits per heavy atom. The fraction of sp³-hybridized carbons (Fsp3) is 0.524. The Bertz CT molecular complexity index is 662. The first-order chi connectivity index (χ1) is 10.6. The molecule has 0 spiro atoms. The quantitative estimate of drug-likeness (QED) is 0.725. The summed E-state index contributed by atoms with van der Waals surface area (Å²) >= 11 is 0. The molecule has 1 nitrogen and oxygen atoms in total. The molecule has 0 bridgehead atoms. The Morgan fingerprint density at radius 2 is 1.78 bits per heavy atom. The number of rotatable bonds is 2. The van der Waals surface area contributed by atoms with Gasteiger partial charge in [0.05, 0.1) is 14.2 Å². The van der Waals surface area contributed by atoms with Crippen LogP contribution in [0.25, 0.3) is 5.57 Å². The van der Waals surface area contributed by atoms with E-state index in [1.54, 1.807) is 5.20 Å². The molecule has 0 unspecified atom stereocenters. The number of hydrogen-bond acceptors (Lipinski definition) is 1. The highest BCUT2D eigenvalue weighted by Gasteiger charge is 2.50. The number of aryl methyl sites for hydroxylation is 1. The van der Waals surface area contributed by atoms with Crippen LogP contribution in [0.15, 0.2) is 41.6 Å². The molecule has 3 atom stereocenters. The molecule has 2 heteroatoms. The summed E-state index contributed by atoms with van der Waals surface area (Å²) in [5.41, 5.74) is 5.51. The van der Waals surface area contributed by atoms with Crippen molar-refractivity contribution in [1.29, 1.82) is 0 Å². The van der Waals surface area contributed by atoms with E-state index >= 15 is 0 Å². The normalized spacial score (nSPS) is 31.5. The molecule has 23 heavy (non-hydrogen) atoms. The van der Waals surface area contributed by atoms with E-state index in [2.05, 4.69) is 64.3 Å². The summed E-state index contributed by atoms with van der Waals surface area (Å²) in [5, 5.41) is 11.9. The number of fused-ring (bicyclic) bond motifs is 1. The minimum atomic E-state index is -1.45. The van der Waals surface area contributed by atoms with Gasteiger partial charge in [-0.1, -0.05) is 68.2 Å². The molecule has 2 aliphatic rings. The number of aliphatic hydroxyl groups is 1. The zero-order valence-electron chi connectivity index (χ0n) is 15.2. The molecule has 1 N–H and O–H groups in total. The van der Waals surface area contributed by atoms with Crippen LogP contribution in [0.5, 0.6) is 0 Å². The minimum absolute atomic E-state index is 0.165. The van der Waals surface area contributed by atoms with Gasteiger partial charge in [-0.05, 0) is 54.2 Å². The van der Waals surface area contributed by atoms with Gasteiger partial charge in [0.1, 0.15) is 0 Å². The topological polar surface area (TPSA) is 20.2 Å². The summed E-state index contributed by atoms with van der Waals surface area (Å²) in [4.78, 5) is 0. The minimum Gasteiger partial charge on any atom is -0.393 e. The van der Waals surface area contributed by atoms with Crippen molar-refractivity contribution >= 4 is 13.6 Å². The van der Waals surface area contributed by atoms with Crippen molar-refractivity contribution in [3.63, 3.8) is 0 Å². The van der Waals surface area contributed by atoms with Crippen LogP contribution >= 0.6 is 0 Å². The summed E-state index contributed by atoms with van der Waals surface area (Å²) in [6.07, 6.45) is 2.77. The molecule has 0 heterocycles. The maximum Gasteiger partial charge on any atom is 0.0732 e. The van der Waals surface area contributed by atoms with Gasteiger partial charge in [-0.2, -0.15) is 0 Å². The molecule has 1 fully saturated rings. The largest absolute Gasteiger partial charge is 0.393 e. The van der Waals surface area contributed by atoms with Gasteiger partial charge in [-0.15, -0.1) is 0 Å². The van der Waals surface area contributed by atoms with E-state index in [1.807, 2.05) is 0 Å². The van der Waals surface area contributed by atoms with Gasteiger partial charge < -0.3 is 5.11 Å². The van der Waals surface area contributed by atoms with Crippen LogP contribution in [0.1, 0.15) is 37.3 Å². The maximum absolute atomic E-state index is 10.3. The van der Waals surface area contributed by atoms with Gasteiger partial charge in [0.25, 0.3) is 0 Å². The Labute approximate surface area is 142 Å². The number of hydrogen-bond donors (Lipinski definition) is 1. The van der Waals surface area contributed by atoms with E-state index in [0.717, 1.165) is 19.3 Å². The standard InChI is InChI=1S/C21H30OSi/c1-14-7-9-16(10-8-14)20-15(2)18-11-17(22)12-21(18,3)13-19(20)23(4,5)6/h7-10,17-18,22H,2,11-13H2,1,3-6H3/t17-,18+,21+/m1/s1. The van der Waals surface area contributed by atoms with Gasteiger partial charge >= 0.3 is 0 Å². The van der Waals surface area contributed by atoms with Crippen molar-refractivity contribution in [2.45, 2.75) is 58.9 Å². The SMILES string of the molecule is C=C1C(c2ccc(C)cc2)=C([Si](C)(C)C)C[C@]2(C)C[C@H](O)C[C@@H]12. The van der Waals surface area contributed by atoms with Crippen LogP contribution in [0, 0.1) is 18.3 Å². The second kappa shape index (κ2) is 5.46. The van der Waals surface area contributed by atoms with Crippen molar-refractivity contribution < 1.29 is 5.11 Å². The van der Waals surface area contributed by atoms with Crippen LogP contribution in [-0.4, -0.2) is 19.3 Å². The first kappa shape index (κ1) is 16.7. The van der Waals surface area contributed by atoms with Crippen molar-refractivity contribution in [1.82, 2.24) is 0 Å². The number of aliphatic hydroxyl groups excluding tert-OH is 1. The Balaban J connectivity index is 2.17. The van der Waals surface area contributed by atoms with E-state index in [1.165, 1.54) is 22.3 Å². The van der Waals surface area contributed by atoms with Crippen LogP contribution in [0.3, 0.4) is 0 Å². The molecule has 1 saturated carbocycles. The first-order valence-corrected chi connectivity index (χ1v) is 12.3.